The molecule has 0 spiro atoms. The molecule has 0 aromatic rings. The van der Waals surface area contributed by atoms with Crippen LogP contribution in [0.5, 0.6) is 0 Å². The van der Waals surface area contributed by atoms with E-state index in [4.69, 9.17) is 0 Å². The van der Waals surface area contributed by atoms with Gasteiger partial charge in [0, 0.05) is 21.1 Å². The van der Waals surface area contributed by atoms with Gasteiger partial charge in [0.05, 0.1) is 0 Å². The maximum atomic E-state index is 2.16. The molecule has 6 heavy (non-hydrogen) atoms. The van der Waals surface area contributed by atoms with Crippen molar-refractivity contribution in [2.24, 2.45) is 0 Å². The van der Waals surface area contributed by atoms with E-state index < -0.39 is 0 Å². The van der Waals surface area contributed by atoms with Gasteiger partial charge >= 0.3 is 0 Å². The average Bonchev–Trinajstić information content (AvgIpc) is 1.38. The van der Waals surface area contributed by atoms with E-state index in [1.165, 1.54) is 12.3 Å². The van der Waals surface area contributed by atoms with E-state index in [1.807, 2.05) is 0 Å². The Morgan fingerprint density at radius 1 is 1.33 bits per heavy atom. The predicted octanol–water partition coefficient (Wildman–Crippen LogP) is 2.01. The summed E-state index contributed by atoms with van der Waals surface area (Å²) in [5.74, 6) is 1.50. The molecule has 0 rings (SSSR count). The van der Waals surface area contributed by atoms with Crippen molar-refractivity contribution in [3.63, 3.8) is 0 Å². The maximum Gasteiger partial charge on any atom is 0 e. The Bertz CT molecular complexity index is 17.9. The summed E-state index contributed by atoms with van der Waals surface area (Å²) < 4.78 is 0. The molecule has 0 amide bonds. The molecule has 0 aliphatic heterocycles. The minimum absolute atomic E-state index is 0. The zero-order valence-corrected chi connectivity index (χ0v) is 7.55. The fraction of sp³-hybridized carbons (Fsp3) is 0.800. The summed E-state index contributed by atoms with van der Waals surface area (Å²) in [6.45, 7) is 6.44. The van der Waals surface area contributed by atoms with Crippen molar-refractivity contribution >= 4 is 0 Å². The summed E-state index contributed by atoms with van der Waals surface area (Å²) in [5.41, 5.74) is 0. The van der Waals surface area contributed by atoms with Crippen LogP contribution in [-0.2, 0) is 21.1 Å². The second-order valence-corrected chi connectivity index (χ2v) is 1.56. The molecule has 0 saturated heterocycles. The molecule has 0 fully saturated rings. The second-order valence-electron chi connectivity index (χ2n) is 1.56. The Labute approximate surface area is 54.6 Å². The molecule has 0 aromatic heterocycles. The fourth-order valence-corrected chi connectivity index (χ4v) is 0. The molecule has 0 bridgehead atoms. The van der Waals surface area contributed by atoms with Gasteiger partial charge in [0.25, 0.3) is 0 Å². The first-order valence-electron chi connectivity index (χ1n) is 2.06. The first-order valence-corrected chi connectivity index (χ1v) is 2.06. The van der Waals surface area contributed by atoms with Gasteiger partial charge in [-0.3, -0.25) is 0 Å². The summed E-state index contributed by atoms with van der Waals surface area (Å²) >= 11 is 0. The largest absolute Gasteiger partial charge is 0.320 e. The Morgan fingerprint density at radius 2 is 1.50 bits per heavy atom. The standard InChI is InChI=1S/C5H11.W/c1-4-5(2)3;/h4H2,1-3H3;/q-1;. The zero-order valence-electron chi connectivity index (χ0n) is 4.62. The Kier molecular flexibility index (Phi) is 9.33. The molecule has 38 valence electrons. The van der Waals surface area contributed by atoms with E-state index in [9.17, 15) is 0 Å². The summed E-state index contributed by atoms with van der Waals surface area (Å²) in [6.07, 6.45) is 1.22. The molecule has 0 unspecified atom stereocenters. The average molecular weight is 255 g/mol. The van der Waals surface area contributed by atoms with Crippen LogP contribution in [0.4, 0.5) is 0 Å². The van der Waals surface area contributed by atoms with Crippen molar-refractivity contribution in [1.29, 1.82) is 0 Å². The van der Waals surface area contributed by atoms with Gasteiger partial charge in [0.1, 0.15) is 0 Å². The van der Waals surface area contributed by atoms with E-state index >= 15 is 0 Å². The molecular weight excluding hydrogens is 244 g/mol. The van der Waals surface area contributed by atoms with Gasteiger partial charge < -0.3 is 5.92 Å². The minimum atomic E-state index is 0. The number of rotatable bonds is 1. The Hall–Kier alpha value is 0.688. The molecule has 0 nitrogen and oxygen atoms in total. The molecule has 0 heterocycles. The Morgan fingerprint density at radius 3 is 1.50 bits per heavy atom. The van der Waals surface area contributed by atoms with Gasteiger partial charge in [0.2, 0.25) is 0 Å². The van der Waals surface area contributed by atoms with Crippen LogP contribution in [0.3, 0.4) is 0 Å². The van der Waals surface area contributed by atoms with Gasteiger partial charge in [0.15, 0.2) is 0 Å². The maximum absolute atomic E-state index is 2.16. The van der Waals surface area contributed by atoms with Crippen molar-refractivity contribution in [2.75, 3.05) is 0 Å². The van der Waals surface area contributed by atoms with Crippen LogP contribution in [0.25, 0.3) is 0 Å². The SMILES string of the molecule is CC[C-](C)C.[W]. The summed E-state index contributed by atoms with van der Waals surface area (Å²) in [5, 5.41) is 0. The third-order valence-corrected chi connectivity index (χ3v) is 0.707. The molecule has 0 saturated carbocycles. The van der Waals surface area contributed by atoms with E-state index in [0.29, 0.717) is 0 Å². The van der Waals surface area contributed by atoms with Gasteiger partial charge in [-0.2, -0.15) is 20.3 Å². The van der Waals surface area contributed by atoms with E-state index in [2.05, 4.69) is 20.8 Å². The molecule has 0 atom stereocenters. The number of hydrogen-bond acceptors (Lipinski definition) is 0. The smallest absolute Gasteiger partial charge is 0 e. The van der Waals surface area contributed by atoms with Crippen LogP contribution in [0, 0.1) is 5.92 Å². The van der Waals surface area contributed by atoms with Crippen LogP contribution < -0.4 is 0 Å². The van der Waals surface area contributed by atoms with Crippen molar-refractivity contribution in [2.45, 2.75) is 27.2 Å². The summed E-state index contributed by atoms with van der Waals surface area (Å²) in [4.78, 5) is 0. The Balaban J connectivity index is 0. The molecule has 0 N–H and O–H groups in total. The quantitative estimate of drug-likeness (QED) is 0.629. The van der Waals surface area contributed by atoms with E-state index in [0.717, 1.165) is 0 Å². The molecule has 1 heteroatoms. The van der Waals surface area contributed by atoms with Crippen molar-refractivity contribution in [3.8, 4) is 0 Å². The summed E-state index contributed by atoms with van der Waals surface area (Å²) in [7, 11) is 0. The number of hydrogen-bond donors (Lipinski definition) is 0. The van der Waals surface area contributed by atoms with Crippen LogP contribution in [0.15, 0.2) is 0 Å². The third-order valence-electron chi connectivity index (χ3n) is 0.707. The van der Waals surface area contributed by atoms with E-state index in [1.54, 1.807) is 0 Å². The molecule has 0 aliphatic carbocycles. The van der Waals surface area contributed by atoms with Crippen LogP contribution >= 0.6 is 0 Å². The van der Waals surface area contributed by atoms with Crippen LogP contribution in [0.1, 0.15) is 27.2 Å². The molecular formula is C5H11W-. The normalized spacial score (nSPS) is 8.00. The second kappa shape index (κ2) is 5.69. The summed E-state index contributed by atoms with van der Waals surface area (Å²) in [6, 6.07) is 0. The van der Waals surface area contributed by atoms with Gasteiger partial charge in [-0.25, -0.2) is 0 Å². The topological polar surface area (TPSA) is 0 Å². The van der Waals surface area contributed by atoms with Gasteiger partial charge in [-0.05, 0) is 0 Å². The van der Waals surface area contributed by atoms with Crippen molar-refractivity contribution in [3.05, 3.63) is 5.92 Å². The predicted molar refractivity (Wildman–Crippen MR) is 24.9 cm³/mol. The van der Waals surface area contributed by atoms with Crippen LogP contribution in [0.2, 0.25) is 0 Å². The van der Waals surface area contributed by atoms with Gasteiger partial charge in [-0.1, -0.05) is 6.92 Å². The van der Waals surface area contributed by atoms with E-state index in [-0.39, 0.29) is 21.1 Å². The first-order chi connectivity index (χ1) is 2.27. The molecule has 0 aliphatic rings. The minimum Gasteiger partial charge on any atom is -0.320 e. The third kappa shape index (κ3) is 8.82. The molecule has 0 radical (unpaired) electrons. The van der Waals surface area contributed by atoms with Gasteiger partial charge in [-0.15, -0.1) is 0 Å². The first kappa shape index (κ1) is 9.85. The van der Waals surface area contributed by atoms with Crippen LogP contribution in [-0.4, -0.2) is 0 Å². The fourth-order valence-electron chi connectivity index (χ4n) is 0. The molecule has 0 aromatic carbocycles. The monoisotopic (exact) mass is 255 g/mol. The van der Waals surface area contributed by atoms with Crippen molar-refractivity contribution < 1.29 is 21.1 Å². The van der Waals surface area contributed by atoms with Crippen molar-refractivity contribution in [1.82, 2.24) is 0 Å². The zero-order chi connectivity index (χ0) is 4.28.